The Bertz CT molecular complexity index is 951. The number of aryl methyl sites for hydroxylation is 1. The molecule has 2 aromatic carbocycles. The van der Waals surface area contributed by atoms with Crippen molar-refractivity contribution in [2.75, 3.05) is 7.11 Å². The van der Waals surface area contributed by atoms with Gasteiger partial charge in [0.25, 0.3) is 0 Å². The monoisotopic (exact) mass is 385 g/mol. The van der Waals surface area contributed by atoms with E-state index in [0.717, 1.165) is 23.4 Å². The molecule has 0 bridgehead atoms. The molecule has 0 radical (unpaired) electrons. The van der Waals surface area contributed by atoms with Crippen molar-refractivity contribution in [2.45, 2.75) is 25.8 Å². The summed E-state index contributed by atoms with van der Waals surface area (Å²) in [4.78, 5) is 12.2. The fraction of sp³-hybridized carbons (Fsp3) is 0.227. The normalized spacial score (nSPS) is 11.9. The van der Waals surface area contributed by atoms with Crippen LogP contribution in [0.2, 0.25) is 0 Å². The van der Waals surface area contributed by atoms with Gasteiger partial charge < -0.3 is 14.5 Å². The number of carbonyl (C=O) groups excluding carboxylic acids is 1. The topological polar surface area (TPSA) is 51.5 Å². The van der Waals surface area contributed by atoms with Crippen molar-refractivity contribution in [1.29, 1.82) is 0 Å². The van der Waals surface area contributed by atoms with E-state index in [1.807, 2.05) is 36.4 Å². The summed E-state index contributed by atoms with van der Waals surface area (Å²) in [5.74, 6) is 0.143. The Morgan fingerprint density at radius 3 is 2.50 bits per heavy atom. The third-order valence-corrected chi connectivity index (χ3v) is 4.46. The van der Waals surface area contributed by atoms with Gasteiger partial charge in [0.15, 0.2) is 11.6 Å². The number of benzene rings is 2. The quantitative estimate of drug-likeness (QED) is 0.620. The second-order valence-corrected chi connectivity index (χ2v) is 6.46. The molecule has 1 atom stereocenters. The molecular formula is C22H21F2NO3. The van der Waals surface area contributed by atoms with E-state index < -0.39 is 17.7 Å². The van der Waals surface area contributed by atoms with Gasteiger partial charge in [-0.15, -0.1) is 0 Å². The highest BCUT2D eigenvalue weighted by molar-refractivity contribution is 5.76. The average Bonchev–Trinajstić information content (AvgIpc) is 3.17. The second kappa shape index (κ2) is 8.69. The first-order chi connectivity index (χ1) is 13.5. The highest BCUT2D eigenvalue weighted by atomic mass is 19.2. The van der Waals surface area contributed by atoms with Crippen LogP contribution in [0.15, 0.2) is 59.0 Å². The van der Waals surface area contributed by atoms with E-state index in [1.54, 1.807) is 14.0 Å². The maximum atomic E-state index is 13.3. The van der Waals surface area contributed by atoms with E-state index in [9.17, 15) is 13.6 Å². The molecule has 0 aliphatic rings. The Morgan fingerprint density at radius 2 is 1.82 bits per heavy atom. The molecule has 4 nitrogen and oxygen atoms in total. The van der Waals surface area contributed by atoms with Crippen molar-refractivity contribution < 1.29 is 22.7 Å². The van der Waals surface area contributed by atoms with Crippen LogP contribution in [-0.4, -0.2) is 13.0 Å². The number of rotatable bonds is 7. The Hall–Kier alpha value is -3.15. The maximum absolute atomic E-state index is 13.3. The molecule has 3 rings (SSSR count). The summed E-state index contributed by atoms with van der Waals surface area (Å²) >= 11 is 0. The van der Waals surface area contributed by atoms with Crippen molar-refractivity contribution in [3.8, 4) is 17.1 Å². The smallest absolute Gasteiger partial charge is 0.220 e. The van der Waals surface area contributed by atoms with Gasteiger partial charge in [0.1, 0.15) is 17.3 Å². The largest absolute Gasteiger partial charge is 0.497 e. The molecule has 1 aromatic heterocycles. The zero-order chi connectivity index (χ0) is 20.1. The van der Waals surface area contributed by atoms with Crippen LogP contribution in [0, 0.1) is 11.6 Å². The summed E-state index contributed by atoms with van der Waals surface area (Å²) in [6.45, 7) is 1.72. The van der Waals surface area contributed by atoms with E-state index in [2.05, 4.69) is 5.32 Å². The second-order valence-electron chi connectivity index (χ2n) is 6.46. The molecule has 146 valence electrons. The zero-order valence-corrected chi connectivity index (χ0v) is 15.7. The van der Waals surface area contributed by atoms with Crippen LogP contribution >= 0.6 is 0 Å². The predicted molar refractivity (Wildman–Crippen MR) is 102 cm³/mol. The van der Waals surface area contributed by atoms with E-state index in [0.29, 0.717) is 23.5 Å². The molecule has 0 saturated carbocycles. The number of carbonyl (C=O) groups is 1. The van der Waals surface area contributed by atoms with Crippen LogP contribution in [0.25, 0.3) is 11.3 Å². The Kier molecular flexibility index (Phi) is 6.09. The fourth-order valence-corrected chi connectivity index (χ4v) is 2.84. The number of ether oxygens (including phenoxy) is 1. The zero-order valence-electron chi connectivity index (χ0n) is 15.7. The minimum Gasteiger partial charge on any atom is -0.497 e. The first-order valence-corrected chi connectivity index (χ1v) is 8.93. The Morgan fingerprint density at radius 1 is 1.07 bits per heavy atom. The van der Waals surface area contributed by atoms with Gasteiger partial charge in [-0.2, -0.15) is 0 Å². The molecule has 0 spiro atoms. The average molecular weight is 385 g/mol. The lowest BCUT2D eigenvalue weighted by atomic mass is 10.1. The molecule has 0 aliphatic carbocycles. The number of nitrogens with one attached hydrogen (secondary N) is 1. The van der Waals surface area contributed by atoms with Gasteiger partial charge in [-0.3, -0.25) is 4.79 Å². The van der Waals surface area contributed by atoms with E-state index in [1.165, 1.54) is 6.07 Å². The fourth-order valence-electron chi connectivity index (χ4n) is 2.84. The van der Waals surface area contributed by atoms with Gasteiger partial charge in [-0.05, 0) is 61.0 Å². The molecule has 0 fully saturated rings. The van der Waals surface area contributed by atoms with Gasteiger partial charge in [0.05, 0.1) is 13.2 Å². The predicted octanol–water partition coefficient (Wildman–Crippen LogP) is 5.04. The maximum Gasteiger partial charge on any atom is 0.220 e. The Balaban J connectivity index is 1.54. The van der Waals surface area contributed by atoms with Gasteiger partial charge >= 0.3 is 0 Å². The summed E-state index contributed by atoms with van der Waals surface area (Å²) in [6.07, 6.45) is 0.663. The lowest BCUT2D eigenvalue weighted by molar-refractivity contribution is -0.121. The van der Waals surface area contributed by atoms with Crippen LogP contribution in [0.3, 0.4) is 0 Å². The summed E-state index contributed by atoms with van der Waals surface area (Å²) in [5.41, 5.74) is 1.43. The minimum atomic E-state index is -0.930. The standard InChI is InChI=1S/C22H21F2NO3/c1-14(16-5-10-19(23)20(24)13-16)25-22(26)12-9-18-8-11-21(28-18)15-3-6-17(27-2)7-4-15/h3-8,10-11,13-14H,9,12H2,1-2H3,(H,25,26)/t14-/m1/s1. The highest BCUT2D eigenvalue weighted by Crippen LogP contribution is 2.25. The number of methoxy groups -OCH3 is 1. The molecule has 1 amide bonds. The molecule has 0 saturated heterocycles. The van der Waals surface area contributed by atoms with Gasteiger partial charge in [0, 0.05) is 18.4 Å². The SMILES string of the molecule is COc1ccc(-c2ccc(CCC(=O)N[C@H](C)c3ccc(F)c(F)c3)o2)cc1. The summed E-state index contributed by atoms with van der Waals surface area (Å²) in [5, 5.41) is 2.78. The number of furan rings is 1. The van der Waals surface area contributed by atoms with Gasteiger partial charge in [-0.1, -0.05) is 6.07 Å². The van der Waals surface area contributed by atoms with Gasteiger partial charge in [-0.25, -0.2) is 8.78 Å². The number of halogens is 2. The van der Waals surface area contributed by atoms with Crippen molar-refractivity contribution in [3.05, 3.63) is 77.6 Å². The molecule has 0 aliphatic heterocycles. The summed E-state index contributed by atoms with van der Waals surface area (Å²) < 4.78 is 37.3. The molecule has 28 heavy (non-hydrogen) atoms. The molecule has 0 unspecified atom stereocenters. The number of hydrogen-bond acceptors (Lipinski definition) is 3. The van der Waals surface area contributed by atoms with Crippen LogP contribution in [0.4, 0.5) is 8.78 Å². The van der Waals surface area contributed by atoms with Gasteiger partial charge in [0.2, 0.25) is 5.91 Å². The van der Waals surface area contributed by atoms with Crippen molar-refractivity contribution in [1.82, 2.24) is 5.32 Å². The van der Waals surface area contributed by atoms with Crippen LogP contribution < -0.4 is 10.1 Å². The third-order valence-electron chi connectivity index (χ3n) is 4.46. The van der Waals surface area contributed by atoms with Crippen molar-refractivity contribution in [3.63, 3.8) is 0 Å². The molecule has 1 N–H and O–H groups in total. The van der Waals surface area contributed by atoms with Crippen molar-refractivity contribution in [2.24, 2.45) is 0 Å². The van der Waals surface area contributed by atoms with Crippen LogP contribution in [-0.2, 0) is 11.2 Å². The summed E-state index contributed by atoms with van der Waals surface area (Å²) in [7, 11) is 1.61. The van der Waals surface area contributed by atoms with Crippen LogP contribution in [0.1, 0.15) is 30.7 Å². The lowest BCUT2D eigenvalue weighted by Crippen LogP contribution is -2.26. The molecular weight excluding hydrogens is 364 g/mol. The van der Waals surface area contributed by atoms with E-state index in [-0.39, 0.29) is 12.3 Å². The third kappa shape index (κ3) is 4.76. The highest BCUT2D eigenvalue weighted by Gasteiger charge is 2.13. The molecule has 3 aromatic rings. The number of amides is 1. The number of hydrogen-bond donors (Lipinski definition) is 1. The lowest BCUT2D eigenvalue weighted by Gasteiger charge is -2.14. The van der Waals surface area contributed by atoms with Crippen molar-refractivity contribution >= 4 is 5.91 Å². The molecule has 6 heteroatoms. The minimum absolute atomic E-state index is 0.195. The first kappa shape index (κ1) is 19.6. The van der Waals surface area contributed by atoms with E-state index in [4.69, 9.17) is 9.15 Å². The first-order valence-electron chi connectivity index (χ1n) is 8.93. The molecule has 1 heterocycles. The summed E-state index contributed by atoms with van der Waals surface area (Å²) in [6, 6.07) is 14.4. The van der Waals surface area contributed by atoms with E-state index >= 15 is 0 Å². The Labute approximate surface area is 162 Å². The van der Waals surface area contributed by atoms with Crippen LogP contribution in [0.5, 0.6) is 5.75 Å².